The van der Waals surface area contributed by atoms with Crippen molar-refractivity contribution in [2.75, 3.05) is 18.5 Å². The van der Waals surface area contributed by atoms with Crippen LogP contribution in [0.2, 0.25) is 0 Å². The van der Waals surface area contributed by atoms with Crippen molar-refractivity contribution in [3.05, 3.63) is 29.8 Å². The van der Waals surface area contributed by atoms with Gasteiger partial charge in [0.1, 0.15) is 0 Å². The van der Waals surface area contributed by atoms with Crippen LogP contribution in [0.15, 0.2) is 24.3 Å². The second kappa shape index (κ2) is 8.03. The lowest BCUT2D eigenvalue weighted by atomic mass is 10.1. The van der Waals surface area contributed by atoms with Crippen LogP contribution in [-0.2, 0) is 6.54 Å². The van der Waals surface area contributed by atoms with E-state index in [0.29, 0.717) is 0 Å². The fourth-order valence-corrected chi connectivity index (χ4v) is 3.95. The first-order valence-corrected chi connectivity index (χ1v) is 7.90. The zero-order valence-electron chi connectivity index (χ0n) is 11.8. The van der Waals surface area contributed by atoms with Crippen molar-refractivity contribution >= 4 is 29.9 Å². The minimum absolute atomic E-state index is 0. The average molecular weight is 301 g/mol. The molecule has 0 amide bonds. The molecule has 0 spiro atoms. The van der Waals surface area contributed by atoms with Crippen LogP contribution in [-0.4, -0.2) is 29.0 Å². The Labute approximate surface area is 127 Å². The van der Waals surface area contributed by atoms with Gasteiger partial charge in [-0.25, -0.2) is 0 Å². The molecule has 1 aromatic rings. The number of thioether (sulfide) groups is 1. The van der Waals surface area contributed by atoms with E-state index in [0.717, 1.165) is 23.5 Å². The zero-order chi connectivity index (χ0) is 13.0. The van der Waals surface area contributed by atoms with Crippen LogP contribution in [0.5, 0.6) is 0 Å². The first-order chi connectivity index (χ1) is 8.69. The van der Waals surface area contributed by atoms with Crippen molar-refractivity contribution in [3.8, 4) is 0 Å². The molecule has 2 rings (SSSR count). The third-order valence-corrected chi connectivity index (χ3v) is 5.00. The largest absolute Gasteiger partial charge is 0.399 e. The summed E-state index contributed by atoms with van der Waals surface area (Å²) in [6.45, 7) is 3.27. The summed E-state index contributed by atoms with van der Waals surface area (Å²) in [5, 5.41) is 0.878. The number of halogens is 1. The van der Waals surface area contributed by atoms with Crippen molar-refractivity contribution in [1.82, 2.24) is 4.90 Å². The van der Waals surface area contributed by atoms with E-state index in [1.807, 2.05) is 12.1 Å². The number of nitrogens with zero attached hydrogens (tertiary/aromatic N) is 1. The highest BCUT2D eigenvalue weighted by Crippen LogP contribution is 2.32. The maximum absolute atomic E-state index is 5.83. The molecule has 0 aromatic heterocycles. The van der Waals surface area contributed by atoms with Gasteiger partial charge in [-0.1, -0.05) is 19.1 Å². The van der Waals surface area contributed by atoms with Crippen molar-refractivity contribution in [2.45, 2.75) is 44.0 Å². The number of hydrogen-bond donors (Lipinski definition) is 1. The normalized spacial score (nSPS) is 22.5. The summed E-state index contributed by atoms with van der Waals surface area (Å²) in [7, 11) is 2.24. The van der Waals surface area contributed by atoms with Crippen molar-refractivity contribution in [1.29, 1.82) is 0 Å². The molecular formula is C15H25ClN2S. The first-order valence-electron chi connectivity index (χ1n) is 6.85. The molecular weight excluding hydrogens is 276 g/mol. The lowest BCUT2D eigenvalue weighted by Crippen LogP contribution is -2.29. The standard InChI is InChI=1S/C15H24N2S.ClH/c1-3-18-15-8-7-14(10-15)17(2)11-12-5-4-6-13(16)9-12;/h4-6,9,14-15H,3,7-8,10-11,16H2,1-2H3;1H. The summed E-state index contributed by atoms with van der Waals surface area (Å²) < 4.78 is 0. The monoisotopic (exact) mass is 300 g/mol. The average Bonchev–Trinajstić information content (AvgIpc) is 2.78. The Bertz CT molecular complexity index is 386. The Balaban J connectivity index is 0.00000180. The number of nitrogens with two attached hydrogens (primary N) is 1. The van der Waals surface area contributed by atoms with E-state index >= 15 is 0 Å². The van der Waals surface area contributed by atoms with Gasteiger partial charge in [-0.15, -0.1) is 12.4 Å². The predicted molar refractivity (Wildman–Crippen MR) is 89.1 cm³/mol. The molecule has 108 valence electrons. The van der Waals surface area contributed by atoms with E-state index in [1.54, 1.807) is 0 Å². The summed E-state index contributed by atoms with van der Waals surface area (Å²) >= 11 is 2.12. The molecule has 2 nitrogen and oxygen atoms in total. The minimum Gasteiger partial charge on any atom is -0.399 e. The molecule has 2 atom stereocenters. The smallest absolute Gasteiger partial charge is 0.0317 e. The molecule has 0 heterocycles. The number of rotatable bonds is 5. The van der Waals surface area contributed by atoms with Crippen LogP contribution in [0.1, 0.15) is 31.7 Å². The lowest BCUT2D eigenvalue weighted by Gasteiger charge is -2.24. The minimum atomic E-state index is 0. The number of hydrogen-bond acceptors (Lipinski definition) is 3. The van der Waals surface area contributed by atoms with Crippen LogP contribution in [0.3, 0.4) is 0 Å². The van der Waals surface area contributed by atoms with Crippen LogP contribution in [0.25, 0.3) is 0 Å². The van der Waals surface area contributed by atoms with Crippen LogP contribution >= 0.6 is 24.2 Å². The molecule has 19 heavy (non-hydrogen) atoms. The molecule has 0 bridgehead atoms. The van der Waals surface area contributed by atoms with Crippen LogP contribution in [0, 0.1) is 0 Å². The molecule has 0 radical (unpaired) electrons. The maximum Gasteiger partial charge on any atom is 0.0317 e. The molecule has 1 aliphatic rings. The Hall–Kier alpha value is -0.380. The summed E-state index contributed by atoms with van der Waals surface area (Å²) in [6.07, 6.45) is 4.07. The highest BCUT2D eigenvalue weighted by Gasteiger charge is 2.27. The molecule has 0 saturated heterocycles. The predicted octanol–water partition coefficient (Wildman–Crippen LogP) is 3.80. The van der Waals surface area contributed by atoms with Crippen LogP contribution < -0.4 is 5.73 Å². The van der Waals surface area contributed by atoms with Gasteiger partial charge < -0.3 is 5.73 Å². The zero-order valence-corrected chi connectivity index (χ0v) is 13.5. The first kappa shape index (κ1) is 16.7. The molecule has 2 N–H and O–H groups in total. The van der Waals surface area contributed by atoms with E-state index in [-0.39, 0.29) is 12.4 Å². The molecule has 1 aromatic carbocycles. The number of benzene rings is 1. The van der Waals surface area contributed by atoms with E-state index in [2.05, 4.69) is 42.8 Å². The van der Waals surface area contributed by atoms with E-state index in [1.165, 1.54) is 30.6 Å². The quantitative estimate of drug-likeness (QED) is 0.839. The summed E-state index contributed by atoms with van der Waals surface area (Å²) in [5.41, 5.74) is 8.02. The third kappa shape index (κ3) is 4.90. The highest BCUT2D eigenvalue weighted by atomic mass is 35.5. The van der Waals surface area contributed by atoms with Gasteiger partial charge in [0.15, 0.2) is 0 Å². The summed E-state index contributed by atoms with van der Waals surface area (Å²) in [4.78, 5) is 2.49. The molecule has 1 aliphatic carbocycles. The van der Waals surface area contributed by atoms with Crippen molar-refractivity contribution < 1.29 is 0 Å². The summed E-state index contributed by atoms with van der Waals surface area (Å²) in [5.74, 6) is 1.25. The Morgan fingerprint density at radius 1 is 1.37 bits per heavy atom. The number of anilines is 1. The van der Waals surface area contributed by atoms with E-state index < -0.39 is 0 Å². The Morgan fingerprint density at radius 3 is 2.84 bits per heavy atom. The summed E-state index contributed by atoms with van der Waals surface area (Å²) in [6, 6.07) is 9.00. The van der Waals surface area contributed by atoms with Gasteiger partial charge in [0, 0.05) is 23.5 Å². The SMILES string of the molecule is CCSC1CCC(N(C)Cc2cccc(N)c2)C1.Cl. The Morgan fingerprint density at radius 2 is 2.16 bits per heavy atom. The van der Waals surface area contributed by atoms with Gasteiger partial charge in [0.2, 0.25) is 0 Å². The molecule has 2 unspecified atom stereocenters. The van der Waals surface area contributed by atoms with Gasteiger partial charge in [0.05, 0.1) is 0 Å². The Kier molecular flexibility index (Phi) is 7.05. The van der Waals surface area contributed by atoms with Gasteiger partial charge in [-0.2, -0.15) is 11.8 Å². The fraction of sp³-hybridized carbons (Fsp3) is 0.600. The number of nitrogen functional groups attached to an aromatic ring is 1. The van der Waals surface area contributed by atoms with Crippen LogP contribution in [0.4, 0.5) is 5.69 Å². The van der Waals surface area contributed by atoms with Gasteiger partial charge in [-0.05, 0) is 49.8 Å². The fourth-order valence-electron chi connectivity index (χ4n) is 2.81. The van der Waals surface area contributed by atoms with Gasteiger partial charge >= 0.3 is 0 Å². The maximum atomic E-state index is 5.83. The van der Waals surface area contributed by atoms with Crippen molar-refractivity contribution in [2.24, 2.45) is 0 Å². The van der Waals surface area contributed by atoms with E-state index in [9.17, 15) is 0 Å². The molecule has 0 aliphatic heterocycles. The second-order valence-corrected chi connectivity index (χ2v) is 6.78. The topological polar surface area (TPSA) is 29.3 Å². The van der Waals surface area contributed by atoms with Gasteiger partial charge in [0.25, 0.3) is 0 Å². The molecule has 4 heteroatoms. The molecule has 1 saturated carbocycles. The second-order valence-electron chi connectivity index (χ2n) is 5.20. The highest BCUT2D eigenvalue weighted by molar-refractivity contribution is 7.99. The molecule has 1 fully saturated rings. The lowest BCUT2D eigenvalue weighted by molar-refractivity contribution is 0.238. The third-order valence-electron chi connectivity index (χ3n) is 3.77. The van der Waals surface area contributed by atoms with E-state index in [4.69, 9.17) is 5.73 Å². The van der Waals surface area contributed by atoms with Gasteiger partial charge in [-0.3, -0.25) is 4.90 Å². The van der Waals surface area contributed by atoms with Crippen molar-refractivity contribution in [3.63, 3.8) is 0 Å².